The van der Waals surface area contributed by atoms with E-state index in [2.05, 4.69) is 20.8 Å². The van der Waals surface area contributed by atoms with Crippen LogP contribution in [0, 0.1) is 0 Å². The maximum atomic E-state index is 12.4. The molecule has 5 aliphatic heterocycles. The maximum Gasteiger partial charge on any atom is 0.338 e. The lowest BCUT2D eigenvalue weighted by atomic mass is 9.97. The predicted molar refractivity (Wildman–Crippen MR) is 158 cm³/mol. The molecule has 8 nitrogen and oxygen atoms in total. The standard InChI is InChI=1S/C32H32N4O4/c1-7-19-15(3)22-11-24-17(5)21(9-10-30(37)38)28(35-24)14-29-31(32(39)40)18(6)25(36-29)12-23-16(4)20(8-2)27(34-23)13-26(19)33-22/h11-14H,7-10H2,1-6H3,(H,37,38)(H,39,40). The van der Waals surface area contributed by atoms with Gasteiger partial charge in [0.1, 0.15) is 0 Å². The van der Waals surface area contributed by atoms with Crippen molar-refractivity contribution in [3.63, 3.8) is 0 Å². The van der Waals surface area contributed by atoms with E-state index in [1.54, 1.807) is 13.0 Å². The molecule has 2 N–H and O–H groups in total. The van der Waals surface area contributed by atoms with Gasteiger partial charge in [-0.1, -0.05) is 13.8 Å². The molecule has 0 unspecified atom stereocenters. The minimum absolute atomic E-state index is 0.0678. The number of hydrogen-bond acceptors (Lipinski definition) is 6. The number of hydrogen-bond donors (Lipinski definition) is 2. The molecule has 0 saturated carbocycles. The molecule has 8 bridgehead atoms. The number of carbonyl (C=O) groups is 2. The van der Waals surface area contributed by atoms with Crippen molar-refractivity contribution in [2.45, 2.75) is 67.2 Å². The Morgan fingerprint density at radius 2 is 1.07 bits per heavy atom. The van der Waals surface area contributed by atoms with E-state index in [1.165, 1.54) is 0 Å². The summed E-state index contributed by atoms with van der Waals surface area (Å²) in [5.41, 5.74) is 11.9. The molecule has 5 aliphatic rings. The van der Waals surface area contributed by atoms with Gasteiger partial charge in [0, 0.05) is 6.42 Å². The zero-order chi connectivity index (χ0) is 28.9. The van der Waals surface area contributed by atoms with E-state index in [0.717, 1.165) is 69.1 Å². The highest BCUT2D eigenvalue weighted by atomic mass is 16.4. The van der Waals surface area contributed by atoms with Crippen LogP contribution in [0.1, 0.15) is 67.2 Å². The Morgan fingerprint density at radius 3 is 1.65 bits per heavy atom. The molecule has 0 amide bonds. The molecule has 0 atom stereocenters. The molecule has 40 heavy (non-hydrogen) atoms. The fraction of sp³-hybridized carbons (Fsp3) is 0.312. The van der Waals surface area contributed by atoms with Gasteiger partial charge in [-0.2, -0.15) is 0 Å². The summed E-state index contributed by atoms with van der Waals surface area (Å²) in [5, 5.41) is 19.5. The van der Waals surface area contributed by atoms with Gasteiger partial charge >= 0.3 is 11.9 Å². The lowest BCUT2D eigenvalue weighted by molar-refractivity contribution is -0.137. The fourth-order valence-corrected chi connectivity index (χ4v) is 5.73. The van der Waals surface area contributed by atoms with Crippen LogP contribution in [-0.2, 0) is 9.59 Å². The van der Waals surface area contributed by atoms with Crippen molar-refractivity contribution in [1.29, 1.82) is 0 Å². The smallest absolute Gasteiger partial charge is 0.338 e. The third kappa shape index (κ3) is 4.53. The van der Waals surface area contributed by atoms with Gasteiger partial charge in [0.05, 0.1) is 51.2 Å². The van der Waals surface area contributed by atoms with Gasteiger partial charge in [0.15, 0.2) is 0 Å². The first kappa shape index (κ1) is 27.1. The zero-order valence-corrected chi connectivity index (χ0v) is 23.6. The molecule has 0 aromatic carbocycles. The first-order valence-corrected chi connectivity index (χ1v) is 13.5. The number of fused-ring (bicyclic) bond motifs is 4. The van der Waals surface area contributed by atoms with E-state index in [4.69, 9.17) is 20.0 Å². The Morgan fingerprint density at radius 1 is 0.600 bits per heavy atom. The molecule has 8 heteroatoms. The third-order valence-corrected chi connectivity index (χ3v) is 8.02. The van der Waals surface area contributed by atoms with Crippen molar-refractivity contribution >= 4 is 34.8 Å². The number of nitrogens with zero attached hydrogens (tertiary/aromatic N) is 4. The van der Waals surface area contributed by atoms with Crippen molar-refractivity contribution in [3.8, 4) is 0 Å². The first-order valence-electron chi connectivity index (χ1n) is 13.5. The number of rotatable bonds is 6. The third-order valence-electron chi connectivity index (χ3n) is 8.02. The molecule has 0 aromatic heterocycles. The van der Waals surface area contributed by atoms with E-state index < -0.39 is 11.9 Å². The van der Waals surface area contributed by atoms with Crippen LogP contribution in [0.5, 0.6) is 0 Å². The second kappa shape index (κ2) is 10.3. The normalized spacial score (nSPS) is 20.4. The summed E-state index contributed by atoms with van der Waals surface area (Å²) < 4.78 is 0. The van der Waals surface area contributed by atoms with E-state index in [1.807, 2.05) is 32.1 Å². The number of allylic oxidation sites excluding steroid dienone is 11. The molecule has 5 heterocycles. The monoisotopic (exact) mass is 536 g/mol. The molecular formula is C32H32N4O4. The van der Waals surface area contributed by atoms with E-state index >= 15 is 0 Å². The Kier molecular flexibility index (Phi) is 6.96. The van der Waals surface area contributed by atoms with E-state index in [-0.39, 0.29) is 24.1 Å². The SMILES string of the molecule is CCC1=C(C)C2=NC1=CC1=NC(=CC3=NC(=CC4=NC(=C2)C(C)=C4C(=O)O)C(CCC(=O)O)=C3C)C(C)=C1CC. The highest BCUT2D eigenvalue weighted by molar-refractivity contribution is 6.28. The highest BCUT2D eigenvalue weighted by Gasteiger charge is 2.30. The van der Waals surface area contributed by atoms with Crippen LogP contribution >= 0.6 is 0 Å². The molecule has 0 spiro atoms. The van der Waals surface area contributed by atoms with E-state index in [0.29, 0.717) is 22.7 Å². The van der Waals surface area contributed by atoms with Crippen molar-refractivity contribution in [2.75, 3.05) is 0 Å². The van der Waals surface area contributed by atoms with Gasteiger partial charge in [-0.15, -0.1) is 0 Å². The van der Waals surface area contributed by atoms with Gasteiger partial charge < -0.3 is 10.2 Å². The van der Waals surface area contributed by atoms with Gasteiger partial charge in [-0.05, 0) is 110 Å². The highest BCUT2D eigenvalue weighted by Crippen LogP contribution is 2.37. The molecule has 0 aromatic rings. The fourth-order valence-electron chi connectivity index (χ4n) is 5.73. The molecule has 5 rings (SSSR count). The maximum absolute atomic E-state index is 12.4. The summed E-state index contributed by atoms with van der Waals surface area (Å²) in [6.45, 7) is 12.0. The second-order valence-electron chi connectivity index (χ2n) is 10.3. The topological polar surface area (TPSA) is 124 Å². The largest absolute Gasteiger partial charge is 0.481 e. The van der Waals surface area contributed by atoms with Crippen LogP contribution in [0.25, 0.3) is 0 Å². The van der Waals surface area contributed by atoms with Crippen molar-refractivity contribution < 1.29 is 19.8 Å². The molecule has 0 fully saturated rings. The van der Waals surface area contributed by atoms with Crippen LogP contribution in [0.15, 0.2) is 112 Å². The van der Waals surface area contributed by atoms with Gasteiger partial charge in [-0.25, -0.2) is 24.8 Å². The van der Waals surface area contributed by atoms with Gasteiger partial charge in [0.2, 0.25) is 0 Å². The number of carboxylic acids is 2. The van der Waals surface area contributed by atoms with Crippen LogP contribution in [0.3, 0.4) is 0 Å². The molecule has 0 saturated heterocycles. The summed E-state index contributed by atoms with van der Waals surface area (Å²) in [6.07, 6.45) is 9.29. The number of carboxylic acid groups (broad SMARTS) is 2. The lowest BCUT2D eigenvalue weighted by Gasteiger charge is -2.05. The Bertz CT molecular complexity index is 1670. The Balaban J connectivity index is 1.80. The Hall–Kier alpha value is -4.46. The minimum Gasteiger partial charge on any atom is -0.481 e. The van der Waals surface area contributed by atoms with Gasteiger partial charge in [0.25, 0.3) is 0 Å². The van der Waals surface area contributed by atoms with Crippen molar-refractivity contribution in [3.05, 3.63) is 91.7 Å². The summed E-state index contributed by atoms with van der Waals surface area (Å²) >= 11 is 0. The average molecular weight is 537 g/mol. The minimum atomic E-state index is -1.08. The predicted octanol–water partition coefficient (Wildman–Crippen LogP) is 6.39. The van der Waals surface area contributed by atoms with Crippen LogP contribution in [0.2, 0.25) is 0 Å². The zero-order valence-electron chi connectivity index (χ0n) is 23.6. The first-order chi connectivity index (χ1) is 19.0. The van der Waals surface area contributed by atoms with Gasteiger partial charge in [-0.3, -0.25) is 4.79 Å². The molecule has 204 valence electrons. The van der Waals surface area contributed by atoms with E-state index in [9.17, 15) is 19.8 Å². The summed E-state index contributed by atoms with van der Waals surface area (Å²) in [5.74, 6) is -1.99. The van der Waals surface area contributed by atoms with Crippen molar-refractivity contribution in [1.82, 2.24) is 0 Å². The quantitative estimate of drug-likeness (QED) is 0.408. The van der Waals surface area contributed by atoms with Crippen molar-refractivity contribution in [2.24, 2.45) is 20.0 Å². The van der Waals surface area contributed by atoms with Crippen LogP contribution in [0.4, 0.5) is 0 Å². The summed E-state index contributed by atoms with van der Waals surface area (Å²) in [7, 11) is 0. The summed E-state index contributed by atoms with van der Waals surface area (Å²) in [6, 6.07) is 0. The number of aliphatic carboxylic acids is 2. The van der Waals surface area contributed by atoms with Crippen LogP contribution in [-0.4, -0.2) is 45.0 Å². The Labute approximate surface area is 233 Å². The summed E-state index contributed by atoms with van der Waals surface area (Å²) in [4.78, 5) is 43.3. The average Bonchev–Trinajstić information content (AvgIpc) is 3.55. The lowest BCUT2D eigenvalue weighted by Crippen LogP contribution is -2.09. The second-order valence-corrected chi connectivity index (χ2v) is 10.3. The molecular weight excluding hydrogens is 504 g/mol. The van der Waals surface area contributed by atoms with Crippen LogP contribution < -0.4 is 0 Å². The molecule has 0 aliphatic carbocycles. The molecule has 0 radical (unpaired) electrons. The number of aliphatic imine (C=N–C) groups is 4.